The first kappa shape index (κ1) is 13.4. The van der Waals surface area contributed by atoms with E-state index in [0.29, 0.717) is 6.54 Å². The van der Waals surface area contributed by atoms with Crippen molar-refractivity contribution >= 4 is 11.7 Å². The van der Waals surface area contributed by atoms with Crippen LogP contribution in [0.5, 0.6) is 5.75 Å². The first-order valence-corrected chi connectivity index (χ1v) is 5.78. The quantitative estimate of drug-likeness (QED) is 0.791. The van der Waals surface area contributed by atoms with Crippen molar-refractivity contribution in [3.05, 3.63) is 24.3 Å². The van der Waals surface area contributed by atoms with E-state index >= 15 is 0 Å². The van der Waals surface area contributed by atoms with Crippen LogP contribution in [0.25, 0.3) is 0 Å². The lowest BCUT2D eigenvalue weighted by atomic mass is 10.2. The van der Waals surface area contributed by atoms with Gasteiger partial charge in [-0.3, -0.25) is 4.79 Å². The lowest BCUT2D eigenvalue weighted by Gasteiger charge is -2.23. The van der Waals surface area contributed by atoms with Crippen molar-refractivity contribution in [2.45, 2.75) is 19.8 Å². The van der Waals surface area contributed by atoms with Crippen molar-refractivity contribution < 1.29 is 14.6 Å². The summed E-state index contributed by atoms with van der Waals surface area (Å²) < 4.78 is 5.09. The van der Waals surface area contributed by atoms with Gasteiger partial charge in [0.05, 0.1) is 13.5 Å². The Morgan fingerprint density at radius 1 is 1.29 bits per heavy atom. The van der Waals surface area contributed by atoms with E-state index in [1.807, 2.05) is 24.3 Å². The normalized spacial score (nSPS) is 10.0. The molecule has 94 valence electrons. The molecule has 1 N–H and O–H groups in total. The molecule has 1 rings (SSSR count). The number of rotatable bonds is 7. The molecule has 0 aromatic heterocycles. The highest BCUT2D eigenvalue weighted by Crippen LogP contribution is 2.19. The Labute approximate surface area is 102 Å². The Kier molecular flexibility index (Phi) is 5.33. The summed E-state index contributed by atoms with van der Waals surface area (Å²) in [4.78, 5) is 12.7. The average Bonchev–Trinajstić information content (AvgIpc) is 2.34. The maximum Gasteiger partial charge on any atom is 0.305 e. The fourth-order valence-corrected chi connectivity index (χ4v) is 1.66. The molecule has 0 bridgehead atoms. The number of benzene rings is 1. The summed E-state index contributed by atoms with van der Waals surface area (Å²) in [5.41, 5.74) is 1.04. The van der Waals surface area contributed by atoms with Gasteiger partial charge in [-0.25, -0.2) is 0 Å². The number of methoxy groups -OCH3 is 1. The van der Waals surface area contributed by atoms with Gasteiger partial charge in [0.15, 0.2) is 0 Å². The van der Waals surface area contributed by atoms with Gasteiger partial charge in [-0.2, -0.15) is 0 Å². The van der Waals surface area contributed by atoms with E-state index < -0.39 is 5.97 Å². The van der Waals surface area contributed by atoms with Crippen LogP contribution in [0.3, 0.4) is 0 Å². The lowest BCUT2D eigenvalue weighted by Crippen LogP contribution is -2.26. The van der Waals surface area contributed by atoms with Crippen molar-refractivity contribution in [3.63, 3.8) is 0 Å². The molecule has 0 atom stereocenters. The van der Waals surface area contributed by atoms with Gasteiger partial charge in [-0.1, -0.05) is 6.92 Å². The van der Waals surface area contributed by atoms with Crippen LogP contribution in [0.4, 0.5) is 5.69 Å². The summed E-state index contributed by atoms with van der Waals surface area (Å²) in [7, 11) is 1.63. The summed E-state index contributed by atoms with van der Waals surface area (Å²) >= 11 is 0. The number of hydrogen-bond donors (Lipinski definition) is 1. The van der Waals surface area contributed by atoms with E-state index in [0.717, 1.165) is 24.4 Å². The van der Waals surface area contributed by atoms with Gasteiger partial charge in [0.25, 0.3) is 0 Å². The van der Waals surface area contributed by atoms with E-state index in [4.69, 9.17) is 9.84 Å². The van der Waals surface area contributed by atoms with Gasteiger partial charge >= 0.3 is 5.97 Å². The molecule has 0 unspecified atom stereocenters. The van der Waals surface area contributed by atoms with Crippen LogP contribution in [0, 0.1) is 0 Å². The third kappa shape index (κ3) is 4.34. The number of carbonyl (C=O) groups is 1. The molecule has 0 aliphatic rings. The third-order valence-corrected chi connectivity index (χ3v) is 2.53. The molecule has 0 amide bonds. The van der Waals surface area contributed by atoms with Gasteiger partial charge in [-0.05, 0) is 30.7 Å². The molecule has 1 aromatic carbocycles. The SMILES string of the molecule is CCCN(CCC(=O)O)c1ccc(OC)cc1. The molecule has 0 radical (unpaired) electrons. The highest BCUT2D eigenvalue weighted by atomic mass is 16.5. The third-order valence-electron chi connectivity index (χ3n) is 2.53. The van der Waals surface area contributed by atoms with Gasteiger partial charge in [-0.15, -0.1) is 0 Å². The van der Waals surface area contributed by atoms with Crippen molar-refractivity contribution in [2.24, 2.45) is 0 Å². The molecule has 0 aliphatic heterocycles. The number of carboxylic acid groups (broad SMARTS) is 1. The first-order valence-electron chi connectivity index (χ1n) is 5.78. The molecule has 0 saturated carbocycles. The van der Waals surface area contributed by atoms with Crippen LogP contribution in [0.15, 0.2) is 24.3 Å². The topological polar surface area (TPSA) is 49.8 Å². The Hall–Kier alpha value is -1.71. The predicted molar refractivity (Wildman–Crippen MR) is 67.8 cm³/mol. The zero-order valence-corrected chi connectivity index (χ0v) is 10.3. The molecular weight excluding hydrogens is 218 g/mol. The molecule has 17 heavy (non-hydrogen) atoms. The first-order chi connectivity index (χ1) is 8.17. The van der Waals surface area contributed by atoms with E-state index in [-0.39, 0.29) is 6.42 Å². The van der Waals surface area contributed by atoms with Crippen molar-refractivity contribution in [1.29, 1.82) is 0 Å². The molecular formula is C13H19NO3. The molecule has 4 heteroatoms. The Morgan fingerprint density at radius 3 is 2.41 bits per heavy atom. The number of aliphatic carboxylic acids is 1. The summed E-state index contributed by atoms with van der Waals surface area (Å²) in [5.74, 6) is 0.0445. The van der Waals surface area contributed by atoms with Crippen LogP contribution in [0.2, 0.25) is 0 Å². The summed E-state index contributed by atoms with van der Waals surface area (Å²) in [6.07, 6.45) is 1.15. The maximum absolute atomic E-state index is 10.6. The second-order valence-corrected chi connectivity index (χ2v) is 3.83. The lowest BCUT2D eigenvalue weighted by molar-refractivity contribution is -0.136. The molecule has 0 saturated heterocycles. The summed E-state index contributed by atoms with van der Waals surface area (Å²) in [5, 5.41) is 8.71. The van der Waals surface area contributed by atoms with Crippen LogP contribution in [0.1, 0.15) is 19.8 Å². The van der Waals surface area contributed by atoms with Gasteiger partial charge in [0, 0.05) is 18.8 Å². The van der Waals surface area contributed by atoms with Crippen LogP contribution < -0.4 is 9.64 Å². The van der Waals surface area contributed by atoms with Gasteiger partial charge < -0.3 is 14.7 Å². The van der Waals surface area contributed by atoms with E-state index in [1.54, 1.807) is 7.11 Å². The minimum atomic E-state index is -0.764. The van der Waals surface area contributed by atoms with E-state index in [9.17, 15) is 4.79 Å². The van der Waals surface area contributed by atoms with Gasteiger partial charge in [0.2, 0.25) is 0 Å². The average molecular weight is 237 g/mol. The predicted octanol–water partition coefficient (Wildman–Crippen LogP) is 2.39. The zero-order chi connectivity index (χ0) is 12.7. The Balaban J connectivity index is 2.70. The maximum atomic E-state index is 10.6. The van der Waals surface area contributed by atoms with Crippen LogP contribution in [-0.2, 0) is 4.79 Å². The fourth-order valence-electron chi connectivity index (χ4n) is 1.66. The fraction of sp³-hybridized carbons (Fsp3) is 0.462. The Bertz CT molecular complexity index is 348. The van der Waals surface area contributed by atoms with Gasteiger partial charge in [0.1, 0.15) is 5.75 Å². The zero-order valence-electron chi connectivity index (χ0n) is 10.3. The number of anilines is 1. The van der Waals surface area contributed by atoms with Crippen LogP contribution in [-0.4, -0.2) is 31.3 Å². The molecule has 1 aromatic rings. The Morgan fingerprint density at radius 2 is 1.94 bits per heavy atom. The minimum absolute atomic E-state index is 0.159. The number of ether oxygens (including phenoxy) is 1. The van der Waals surface area contributed by atoms with Crippen molar-refractivity contribution in [1.82, 2.24) is 0 Å². The summed E-state index contributed by atoms with van der Waals surface area (Å²) in [6, 6.07) is 7.68. The molecule has 0 heterocycles. The monoisotopic (exact) mass is 237 g/mol. The summed E-state index contributed by atoms with van der Waals surface area (Å²) in [6.45, 7) is 3.48. The largest absolute Gasteiger partial charge is 0.497 e. The van der Waals surface area contributed by atoms with Crippen LogP contribution >= 0.6 is 0 Å². The number of hydrogen-bond acceptors (Lipinski definition) is 3. The minimum Gasteiger partial charge on any atom is -0.497 e. The van der Waals surface area contributed by atoms with Crippen molar-refractivity contribution in [3.8, 4) is 5.75 Å². The molecule has 0 aliphatic carbocycles. The second kappa shape index (κ2) is 6.78. The highest BCUT2D eigenvalue weighted by molar-refractivity contribution is 5.67. The number of nitrogens with zero attached hydrogens (tertiary/aromatic N) is 1. The molecule has 0 spiro atoms. The molecule has 4 nitrogen and oxygen atoms in total. The van der Waals surface area contributed by atoms with E-state index in [2.05, 4.69) is 11.8 Å². The number of carboxylic acids is 1. The standard InChI is InChI=1S/C13H19NO3/c1-3-9-14(10-8-13(15)16)11-4-6-12(17-2)7-5-11/h4-7H,3,8-10H2,1-2H3,(H,15,16). The van der Waals surface area contributed by atoms with E-state index in [1.165, 1.54) is 0 Å². The van der Waals surface area contributed by atoms with Crippen molar-refractivity contribution in [2.75, 3.05) is 25.1 Å². The smallest absolute Gasteiger partial charge is 0.305 e. The second-order valence-electron chi connectivity index (χ2n) is 3.83. The highest BCUT2D eigenvalue weighted by Gasteiger charge is 2.07. The molecule has 0 fully saturated rings.